The van der Waals surface area contributed by atoms with Crippen LogP contribution in [0.1, 0.15) is 33.1 Å². The molecule has 0 aliphatic carbocycles. The Bertz CT molecular complexity index is 295. The van der Waals surface area contributed by atoms with Gasteiger partial charge in [-0.2, -0.15) is 0 Å². The first-order valence-electron chi connectivity index (χ1n) is 7.31. The topological polar surface area (TPSA) is 26.8 Å². The third-order valence-electron chi connectivity index (χ3n) is 4.68. The molecule has 0 saturated carbocycles. The zero-order valence-corrected chi connectivity index (χ0v) is 12.1. The number of amides is 1. The van der Waals surface area contributed by atoms with Gasteiger partial charge in [-0.05, 0) is 32.4 Å². The molecule has 0 radical (unpaired) electrons. The number of hydrogen-bond acceptors (Lipinski definition) is 3. The van der Waals surface area contributed by atoms with Crippen LogP contribution in [0.4, 0.5) is 0 Å². The molecular weight excluding hydrogens is 226 g/mol. The number of carbonyl (C=O) groups excluding carboxylic acids is 1. The largest absolute Gasteiger partial charge is 0.342 e. The van der Waals surface area contributed by atoms with Gasteiger partial charge >= 0.3 is 0 Å². The summed E-state index contributed by atoms with van der Waals surface area (Å²) in [6, 6.07) is 1.14. The minimum atomic E-state index is 0.195. The second-order valence-electron chi connectivity index (χ2n) is 5.76. The normalized spacial score (nSPS) is 30.6. The lowest BCUT2D eigenvalue weighted by molar-refractivity contribution is -0.129. The van der Waals surface area contributed by atoms with Crippen LogP contribution in [0.3, 0.4) is 0 Å². The van der Waals surface area contributed by atoms with Gasteiger partial charge in [0, 0.05) is 45.7 Å². The van der Waals surface area contributed by atoms with Crippen molar-refractivity contribution in [3.05, 3.63) is 0 Å². The summed E-state index contributed by atoms with van der Waals surface area (Å²) >= 11 is 0. The SMILES string of the molecule is CCN1CCC[C@@H](N2CC[C@@H](N(C)C(C)=O)C2)C1. The highest BCUT2D eigenvalue weighted by Crippen LogP contribution is 2.22. The van der Waals surface area contributed by atoms with Gasteiger partial charge in [0.2, 0.25) is 5.91 Å². The predicted molar refractivity (Wildman–Crippen MR) is 73.6 cm³/mol. The van der Waals surface area contributed by atoms with Crippen molar-refractivity contribution < 1.29 is 4.79 Å². The average molecular weight is 253 g/mol. The van der Waals surface area contributed by atoms with E-state index in [4.69, 9.17) is 0 Å². The molecule has 18 heavy (non-hydrogen) atoms. The van der Waals surface area contributed by atoms with Gasteiger partial charge in [-0.15, -0.1) is 0 Å². The molecule has 2 aliphatic heterocycles. The lowest BCUT2D eigenvalue weighted by Gasteiger charge is -2.37. The number of nitrogens with zero attached hydrogens (tertiary/aromatic N) is 3. The smallest absolute Gasteiger partial charge is 0.219 e. The van der Waals surface area contributed by atoms with E-state index in [-0.39, 0.29) is 5.91 Å². The van der Waals surface area contributed by atoms with Crippen molar-refractivity contribution in [2.75, 3.05) is 39.8 Å². The quantitative estimate of drug-likeness (QED) is 0.751. The summed E-state index contributed by atoms with van der Waals surface area (Å²) in [7, 11) is 1.94. The fourth-order valence-corrected chi connectivity index (χ4v) is 3.29. The fourth-order valence-electron chi connectivity index (χ4n) is 3.29. The Labute approximate surface area is 111 Å². The molecule has 2 saturated heterocycles. The Hall–Kier alpha value is -0.610. The van der Waals surface area contributed by atoms with Crippen molar-refractivity contribution in [1.82, 2.24) is 14.7 Å². The van der Waals surface area contributed by atoms with Crippen LogP contribution in [0.25, 0.3) is 0 Å². The van der Waals surface area contributed by atoms with E-state index in [2.05, 4.69) is 16.7 Å². The molecule has 4 heteroatoms. The molecule has 0 aromatic heterocycles. The molecule has 2 rings (SSSR count). The van der Waals surface area contributed by atoms with Crippen molar-refractivity contribution in [2.24, 2.45) is 0 Å². The van der Waals surface area contributed by atoms with Gasteiger partial charge in [0.05, 0.1) is 0 Å². The first kappa shape index (κ1) is 13.8. The summed E-state index contributed by atoms with van der Waals surface area (Å²) in [5.41, 5.74) is 0. The molecule has 0 aromatic carbocycles. The second kappa shape index (κ2) is 6.02. The van der Waals surface area contributed by atoms with Gasteiger partial charge in [-0.25, -0.2) is 0 Å². The summed E-state index contributed by atoms with van der Waals surface area (Å²) in [6.07, 6.45) is 3.79. The summed E-state index contributed by atoms with van der Waals surface area (Å²) in [5, 5.41) is 0. The molecule has 0 aromatic rings. The predicted octanol–water partition coefficient (Wildman–Crippen LogP) is 1.02. The first-order chi connectivity index (χ1) is 8.61. The molecule has 2 atom stereocenters. The Kier molecular flexibility index (Phi) is 4.62. The molecule has 2 fully saturated rings. The van der Waals surface area contributed by atoms with Crippen molar-refractivity contribution >= 4 is 5.91 Å². The summed E-state index contributed by atoms with van der Waals surface area (Å²) in [4.78, 5) is 18.5. The summed E-state index contributed by atoms with van der Waals surface area (Å²) in [5.74, 6) is 0.195. The number of carbonyl (C=O) groups is 1. The van der Waals surface area contributed by atoms with Crippen LogP contribution in [-0.2, 0) is 4.79 Å². The standard InChI is InChI=1S/C14H27N3O/c1-4-16-8-5-6-14(10-16)17-9-7-13(11-17)15(3)12(2)18/h13-14H,4-11H2,1-3H3/t13-,14-/m1/s1. The second-order valence-corrected chi connectivity index (χ2v) is 5.76. The number of rotatable bonds is 3. The Morgan fingerprint density at radius 1 is 1.28 bits per heavy atom. The highest BCUT2D eigenvalue weighted by Gasteiger charge is 2.32. The molecular formula is C14H27N3O. The Morgan fingerprint density at radius 2 is 2.06 bits per heavy atom. The molecule has 2 aliphatic rings. The monoisotopic (exact) mass is 253 g/mol. The van der Waals surface area contributed by atoms with E-state index in [0.717, 1.165) is 19.5 Å². The van der Waals surface area contributed by atoms with Crippen LogP contribution in [0.5, 0.6) is 0 Å². The van der Waals surface area contributed by atoms with E-state index in [1.165, 1.54) is 32.5 Å². The van der Waals surface area contributed by atoms with Crippen LogP contribution >= 0.6 is 0 Å². The lowest BCUT2D eigenvalue weighted by Crippen LogP contribution is -2.48. The molecule has 1 amide bonds. The van der Waals surface area contributed by atoms with Crippen molar-refractivity contribution in [2.45, 2.75) is 45.2 Å². The molecule has 2 heterocycles. The van der Waals surface area contributed by atoms with Gasteiger partial charge < -0.3 is 9.80 Å². The minimum Gasteiger partial charge on any atom is -0.342 e. The zero-order chi connectivity index (χ0) is 13.1. The van der Waals surface area contributed by atoms with Gasteiger partial charge in [0.1, 0.15) is 0 Å². The summed E-state index contributed by atoms with van der Waals surface area (Å²) < 4.78 is 0. The van der Waals surface area contributed by atoms with Gasteiger partial charge in [-0.1, -0.05) is 6.92 Å². The van der Waals surface area contributed by atoms with Crippen LogP contribution in [0, 0.1) is 0 Å². The third kappa shape index (κ3) is 3.04. The highest BCUT2D eigenvalue weighted by atomic mass is 16.2. The molecule has 4 nitrogen and oxygen atoms in total. The maximum Gasteiger partial charge on any atom is 0.219 e. The molecule has 0 N–H and O–H groups in total. The van der Waals surface area contributed by atoms with Crippen molar-refractivity contribution in [3.63, 3.8) is 0 Å². The van der Waals surface area contributed by atoms with Crippen LogP contribution in [0.15, 0.2) is 0 Å². The minimum absolute atomic E-state index is 0.195. The highest BCUT2D eigenvalue weighted by molar-refractivity contribution is 5.73. The van der Waals surface area contributed by atoms with E-state index in [0.29, 0.717) is 12.1 Å². The molecule has 0 unspecified atom stereocenters. The van der Waals surface area contributed by atoms with Crippen LogP contribution in [-0.4, -0.2) is 72.5 Å². The number of piperidine rings is 1. The van der Waals surface area contributed by atoms with Crippen molar-refractivity contribution in [1.29, 1.82) is 0 Å². The van der Waals surface area contributed by atoms with Gasteiger partial charge in [0.25, 0.3) is 0 Å². The average Bonchev–Trinajstić information content (AvgIpc) is 2.87. The first-order valence-corrected chi connectivity index (χ1v) is 7.31. The van der Waals surface area contributed by atoms with E-state index >= 15 is 0 Å². The Balaban J connectivity index is 1.86. The molecule has 0 bridgehead atoms. The van der Waals surface area contributed by atoms with E-state index in [1.54, 1.807) is 6.92 Å². The van der Waals surface area contributed by atoms with E-state index in [9.17, 15) is 4.79 Å². The summed E-state index contributed by atoms with van der Waals surface area (Å²) in [6.45, 7) is 9.79. The van der Waals surface area contributed by atoms with Crippen LogP contribution in [0.2, 0.25) is 0 Å². The maximum atomic E-state index is 11.4. The van der Waals surface area contributed by atoms with E-state index in [1.807, 2.05) is 11.9 Å². The third-order valence-corrected chi connectivity index (χ3v) is 4.68. The van der Waals surface area contributed by atoms with Crippen LogP contribution < -0.4 is 0 Å². The fraction of sp³-hybridized carbons (Fsp3) is 0.929. The molecule has 104 valence electrons. The molecule has 0 spiro atoms. The van der Waals surface area contributed by atoms with E-state index < -0.39 is 0 Å². The Morgan fingerprint density at radius 3 is 2.72 bits per heavy atom. The van der Waals surface area contributed by atoms with Gasteiger partial charge in [-0.3, -0.25) is 9.69 Å². The lowest BCUT2D eigenvalue weighted by atomic mass is 10.0. The number of likely N-dealkylation sites (tertiary alicyclic amines) is 2. The maximum absolute atomic E-state index is 11.4. The number of likely N-dealkylation sites (N-methyl/N-ethyl adjacent to an activating group) is 2. The van der Waals surface area contributed by atoms with Gasteiger partial charge in [0.15, 0.2) is 0 Å². The number of hydrogen-bond donors (Lipinski definition) is 0. The zero-order valence-electron chi connectivity index (χ0n) is 12.1. The van der Waals surface area contributed by atoms with Crippen molar-refractivity contribution in [3.8, 4) is 0 Å².